The van der Waals surface area contributed by atoms with Crippen LogP contribution in [-0.4, -0.2) is 35.4 Å². The lowest BCUT2D eigenvalue weighted by molar-refractivity contribution is -0.152. The lowest BCUT2D eigenvalue weighted by Gasteiger charge is -2.24. The largest absolute Gasteiger partial charge is 0.508 e. The van der Waals surface area contributed by atoms with E-state index in [-0.39, 0.29) is 48.5 Å². The van der Waals surface area contributed by atoms with Crippen LogP contribution in [0.4, 0.5) is 0 Å². The van der Waals surface area contributed by atoms with Gasteiger partial charge in [-0.05, 0) is 72.9 Å². The lowest BCUT2D eigenvalue weighted by Crippen LogP contribution is -2.28. The SMILES string of the molecule is CCCCCCCCCCCCCCC(CCC(=O)OCC(C)(C)COC(=O)CCC(CCCCCCCCCCCCCC)c1ccc(O)cc1)c1ccc(O)cc1. The normalized spacial score (nSPS) is 12.7. The van der Waals surface area contributed by atoms with Crippen molar-refractivity contribution in [2.75, 3.05) is 13.2 Å². The van der Waals surface area contributed by atoms with Gasteiger partial charge in [-0.15, -0.1) is 0 Å². The molecule has 0 amide bonds. The van der Waals surface area contributed by atoms with Crippen molar-refractivity contribution in [3.05, 3.63) is 59.7 Å². The summed E-state index contributed by atoms with van der Waals surface area (Å²) in [5, 5.41) is 19.7. The van der Waals surface area contributed by atoms with Crippen LogP contribution < -0.4 is 0 Å². The van der Waals surface area contributed by atoms with Gasteiger partial charge in [0.15, 0.2) is 0 Å². The molecule has 2 aromatic carbocycles. The van der Waals surface area contributed by atoms with E-state index < -0.39 is 5.41 Å². The molecule has 0 aliphatic heterocycles. The first-order valence-corrected chi connectivity index (χ1v) is 24.5. The van der Waals surface area contributed by atoms with Crippen molar-refractivity contribution in [1.82, 2.24) is 0 Å². The van der Waals surface area contributed by atoms with Crippen LogP contribution in [-0.2, 0) is 19.1 Å². The van der Waals surface area contributed by atoms with Gasteiger partial charge in [0.05, 0.1) is 13.2 Å². The molecule has 0 heterocycles. The molecule has 2 atom stereocenters. The van der Waals surface area contributed by atoms with E-state index in [2.05, 4.69) is 13.8 Å². The summed E-state index contributed by atoms with van der Waals surface area (Å²) >= 11 is 0. The van der Waals surface area contributed by atoms with Crippen LogP contribution in [0.1, 0.15) is 243 Å². The predicted octanol–water partition coefficient (Wildman–Crippen LogP) is 15.8. The first-order chi connectivity index (χ1) is 28.6. The Hall–Kier alpha value is -3.02. The number of ether oxygens (including phenoxy) is 2. The van der Waals surface area contributed by atoms with Gasteiger partial charge in [-0.2, -0.15) is 0 Å². The van der Waals surface area contributed by atoms with E-state index in [1.165, 1.54) is 141 Å². The van der Waals surface area contributed by atoms with Gasteiger partial charge in [0, 0.05) is 18.3 Å². The molecular formula is C53H88O6. The molecule has 59 heavy (non-hydrogen) atoms. The minimum atomic E-state index is -0.498. The Morgan fingerprint density at radius 2 is 0.712 bits per heavy atom. The third-order valence-corrected chi connectivity index (χ3v) is 12.2. The molecule has 0 bridgehead atoms. The monoisotopic (exact) mass is 821 g/mol. The molecule has 2 aromatic rings. The number of hydrogen-bond acceptors (Lipinski definition) is 6. The van der Waals surface area contributed by atoms with Gasteiger partial charge < -0.3 is 19.7 Å². The minimum Gasteiger partial charge on any atom is -0.508 e. The molecule has 6 heteroatoms. The second-order valence-corrected chi connectivity index (χ2v) is 18.5. The van der Waals surface area contributed by atoms with Crippen LogP contribution in [0.15, 0.2) is 48.5 Å². The van der Waals surface area contributed by atoms with Crippen molar-refractivity contribution >= 4 is 11.9 Å². The van der Waals surface area contributed by atoms with E-state index in [0.717, 1.165) is 36.8 Å². The van der Waals surface area contributed by atoms with Crippen molar-refractivity contribution in [3.63, 3.8) is 0 Å². The number of carbonyl (C=O) groups is 2. The van der Waals surface area contributed by atoms with Crippen molar-refractivity contribution in [3.8, 4) is 11.5 Å². The fourth-order valence-electron chi connectivity index (χ4n) is 8.23. The number of unbranched alkanes of at least 4 members (excludes halogenated alkanes) is 22. The second-order valence-electron chi connectivity index (χ2n) is 18.5. The van der Waals surface area contributed by atoms with Crippen LogP contribution in [0.25, 0.3) is 0 Å². The summed E-state index contributed by atoms with van der Waals surface area (Å²) in [6, 6.07) is 14.9. The standard InChI is InChI=1S/C53H88O6/c1-5-7-9-11-13-15-17-19-21-23-25-27-29-45(47-31-37-49(54)38-32-47)35-41-51(56)58-43-53(3,4)44-59-52(57)42-36-46(48-33-39-50(55)40-34-48)30-28-26-24-22-20-18-16-14-12-10-8-6-2/h31-34,37-40,45-46,54-55H,5-30,35-36,41-44H2,1-4H3. The molecule has 0 spiro atoms. The Morgan fingerprint density at radius 1 is 0.441 bits per heavy atom. The second kappa shape index (κ2) is 33.7. The lowest BCUT2D eigenvalue weighted by atomic mass is 9.89. The predicted molar refractivity (Wildman–Crippen MR) is 247 cm³/mol. The fraction of sp³-hybridized carbons (Fsp3) is 0.736. The van der Waals surface area contributed by atoms with E-state index in [1.807, 2.05) is 38.1 Å². The van der Waals surface area contributed by atoms with E-state index >= 15 is 0 Å². The zero-order valence-electron chi connectivity index (χ0n) is 38.4. The molecule has 2 unspecified atom stereocenters. The molecule has 0 fully saturated rings. The van der Waals surface area contributed by atoms with Gasteiger partial charge in [0.1, 0.15) is 11.5 Å². The van der Waals surface area contributed by atoms with Crippen LogP contribution in [0.3, 0.4) is 0 Å². The van der Waals surface area contributed by atoms with Crippen LogP contribution in [0.2, 0.25) is 0 Å². The van der Waals surface area contributed by atoms with Gasteiger partial charge in [0.25, 0.3) is 0 Å². The number of phenols is 2. The van der Waals surface area contributed by atoms with Crippen LogP contribution in [0, 0.1) is 5.41 Å². The number of aromatic hydroxyl groups is 2. The molecule has 0 radical (unpaired) electrons. The highest BCUT2D eigenvalue weighted by molar-refractivity contribution is 5.70. The maximum atomic E-state index is 13.0. The Labute approximate surface area is 362 Å². The first-order valence-electron chi connectivity index (χ1n) is 24.5. The Balaban J connectivity index is 1.69. The number of carbonyl (C=O) groups excluding carboxylic acids is 2. The summed E-state index contributed by atoms with van der Waals surface area (Å²) in [4.78, 5) is 25.9. The molecule has 2 N–H and O–H groups in total. The minimum absolute atomic E-state index is 0.191. The average Bonchev–Trinajstić information content (AvgIpc) is 3.23. The molecule has 336 valence electrons. The molecule has 0 aliphatic rings. The number of rotatable bonds is 38. The summed E-state index contributed by atoms with van der Waals surface area (Å²) in [5.74, 6) is 0.546. The van der Waals surface area contributed by atoms with Crippen LogP contribution >= 0.6 is 0 Å². The summed E-state index contributed by atoms with van der Waals surface area (Å²) in [6.45, 7) is 8.85. The van der Waals surface area contributed by atoms with Crippen molar-refractivity contribution in [1.29, 1.82) is 0 Å². The van der Waals surface area contributed by atoms with Crippen molar-refractivity contribution in [2.24, 2.45) is 5.41 Å². The highest BCUT2D eigenvalue weighted by Gasteiger charge is 2.24. The summed E-state index contributed by atoms with van der Waals surface area (Å²) in [5.41, 5.74) is 1.82. The first kappa shape index (κ1) is 52.1. The molecule has 6 nitrogen and oxygen atoms in total. The third kappa shape index (κ3) is 27.4. The third-order valence-electron chi connectivity index (χ3n) is 12.2. The number of hydrogen-bond donors (Lipinski definition) is 2. The van der Waals surface area contributed by atoms with Gasteiger partial charge in [-0.3, -0.25) is 9.59 Å². The number of benzene rings is 2. The Bertz CT molecular complexity index is 1200. The maximum Gasteiger partial charge on any atom is 0.305 e. The van der Waals surface area contributed by atoms with Gasteiger partial charge >= 0.3 is 11.9 Å². The molecule has 0 aliphatic carbocycles. The van der Waals surface area contributed by atoms with Crippen LogP contribution in [0.5, 0.6) is 11.5 Å². The van der Waals surface area contributed by atoms with E-state index in [4.69, 9.17) is 9.47 Å². The van der Waals surface area contributed by atoms with Gasteiger partial charge in [0.2, 0.25) is 0 Å². The molecule has 0 saturated carbocycles. The zero-order valence-corrected chi connectivity index (χ0v) is 38.4. The van der Waals surface area contributed by atoms with E-state index in [9.17, 15) is 19.8 Å². The van der Waals surface area contributed by atoms with Gasteiger partial charge in [-0.1, -0.05) is 206 Å². The van der Waals surface area contributed by atoms with E-state index in [0.29, 0.717) is 25.7 Å². The average molecular weight is 821 g/mol. The van der Waals surface area contributed by atoms with E-state index in [1.54, 1.807) is 24.3 Å². The molecule has 0 aromatic heterocycles. The Kier molecular flexibility index (Phi) is 29.7. The van der Waals surface area contributed by atoms with Gasteiger partial charge in [-0.25, -0.2) is 0 Å². The number of phenolic OH excluding ortho intramolecular Hbond substituents is 2. The summed E-state index contributed by atoms with van der Waals surface area (Å²) < 4.78 is 11.5. The summed E-state index contributed by atoms with van der Waals surface area (Å²) in [6.07, 6.45) is 35.7. The topological polar surface area (TPSA) is 93.1 Å². The highest BCUT2D eigenvalue weighted by atomic mass is 16.5. The van der Waals surface area contributed by atoms with Crippen molar-refractivity contribution < 1.29 is 29.3 Å². The highest BCUT2D eigenvalue weighted by Crippen LogP contribution is 2.31. The van der Waals surface area contributed by atoms with Crippen molar-refractivity contribution in [2.45, 2.75) is 232 Å². The number of esters is 2. The zero-order chi connectivity index (χ0) is 42.8. The quantitative estimate of drug-likeness (QED) is 0.0518. The molecular weight excluding hydrogens is 733 g/mol. The molecule has 0 saturated heterocycles. The summed E-state index contributed by atoms with van der Waals surface area (Å²) in [7, 11) is 0. The maximum absolute atomic E-state index is 13.0. The fourth-order valence-corrected chi connectivity index (χ4v) is 8.23. The smallest absolute Gasteiger partial charge is 0.305 e. The Morgan fingerprint density at radius 3 is 1.00 bits per heavy atom. The molecule has 2 rings (SSSR count).